The number of carbonyl (C=O) groups is 3. The summed E-state index contributed by atoms with van der Waals surface area (Å²) < 4.78 is 0. The minimum atomic E-state index is -1.23. The zero-order valence-corrected chi connectivity index (χ0v) is 16.5. The fourth-order valence-corrected chi connectivity index (χ4v) is 3.25. The zero-order valence-electron chi connectivity index (χ0n) is 16.5. The monoisotopic (exact) mass is 390 g/mol. The quantitative estimate of drug-likeness (QED) is 0.766. The average Bonchev–Trinajstić information content (AvgIpc) is 2.92. The van der Waals surface area contributed by atoms with Crippen molar-refractivity contribution in [2.75, 3.05) is 11.9 Å². The molecule has 1 atom stereocenters. The fraction of sp³-hybridized carbons (Fsp3) is 0.273. The first-order valence-electron chi connectivity index (χ1n) is 9.29. The van der Waals surface area contributed by atoms with E-state index in [2.05, 4.69) is 24.5 Å². The van der Waals surface area contributed by atoms with Gasteiger partial charge in [-0.2, -0.15) is 5.26 Å². The lowest BCUT2D eigenvalue weighted by Crippen LogP contribution is -2.42. The number of carbonyl (C=O) groups excluding carboxylic acids is 3. The lowest BCUT2D eigenvalue weighted by atomic mass is 9.90. The SMILES string of the molecule is CC(C)c1ccc(C2(C)NC(=O)N(CC(=O)Nc3cccc(C#N)c3)C2=O)cc1. The summed E-state index contributed by atoms with van der Waals surface area (Å²) in [4.78, 5) is 38.6. The van der Waals surface area contributed by atoms with Crippen LogP contribution in [0.15, 0.2) is 48.5 Å². The van der Waals surface area contributed by atoms with Crippen LogP contribution in [0, 0.1) is 11.3 Å². The molecule has 2 aromatic carbocycles. The van der Waals surface area contributed by atoms with Gasteiger partial charge in [0.2, 0.25) is 5.91 Å². The summed E-state index contributed by atoms with van der Waals surface area (Å²) in [5.74, 6) is -0.658. The Hall–Kier alpha value is -3.66. The third-order valence-corrected chi connectivity index (χ3v) is 5.01. The second-order valence-electron chi connectivity index (χ2n) is 7.46. The van der Waals surface area contributed by atoms with E-state index in [0.29, 0.717) is 22.7 Å². The summed E-state index contributed by atoms with van der Waals surface area (Å²) in [5.41, 5.74) is 1.38. The van der Waals surface area contributed by atoms with Gasteiger partial charge in [-0.1, -0.05) is 44.2 Å². The van der Waals surface area contributed by atoms with Gasteiger partial charge in [0, 0.05) is 5.69 Å². The van der Waals surface area contributed by atoms with Gasteiger partial charge in [0.15, 0.2) is 0 Å². The van der Waals surface area contributed by atoms with Gasteiger partial charge < -0.3 is 10.6 Å². The molecule has 1 aliphatic rings. The van der Waals surface area contributed by atoms with Crippen LogP contribution < -0.4 is 10.6 Å². The van der Waals surface area contributed by atoms with Gasteiger partial charge >= 0.3 is 6.03 Å². The average molecular weight is 390 g/mol. The Kier molecular flexibility index (Phi) is 5.37. The molecule has 0 radical (unpaired) electrons. The van der Waals surface area contributed by atoms with E-state index in [4.69, 9.17) is 5.26 Å². The normalized spacial score (nSPS) is 18.5. The van der Waals surface area contributed by atoms with E-state index >= 15 is 0 Å². The van der Waals surface area contributed by atoms with Crippen molar-refractivity contribution in [1.82, 2.24) is 10.2 Å². The summed E-state index contributed by atoms with van der Waals surface area (Å²) >= 11 is 0. The maximum Gasteiger partial charge on any atom is 0.325 e. The molecule has 0 bridgehead atoms. The summed E-state index contributed by atoms with van der Waals surface area (Å²) in [6.45, 7) is 5.37. The van der Waals surface area contributed by atoms with Crippen LogP contribution in [0.5, 0.6) is 0 Å². The number of anilines is 1. The summed E-state index contributed by atoms with van der Waals surface area (Å²) in [6, 6.07) is 15.3. The standard InChI is InChI=1S/C22H22N4O3/c1-14(2)16-7-9-17(10-8-16)22(3)20(28)26(21(29)25-22)13-19(27)24-18-6-4-5-15(11-18)12-23/h4-11,14H,13H2,1-3H3,(H,24,27)(H,25,29). The van der Waals surface area contributed by atoms with Gasteiger partial charge in [-0.3, -0.25) is 14.5 Å². The minimum Gasteiger partial charge on any atom is -0.324 e. The molecule has 3 rings (SSSR count). The van der Waals surface area contributed by atoms with Crippen LogP contribution in [0.2, 0.25) is 0 Å². The molecule has 2 N–H and O–H groups in total. The first kappa shape index (κ1) is 20.1. The molecule has 0 aliphatic carbocycles. The van der Waals surface area contributed by atoms with Crippen LogP contribution in [0.3, 0.4) is 0 Å². The Morgan fingerprint density at radius 1 is 1.21 bits per heavy atom. The second-order valence-corrected chi connectivity index (χ2v) is 7.46. The van der Waals surface area contributed by atoms with Crippen LogP contribution in [0.4, 0.5) is 10.5 Å². The molecule has 1 saturated heterocycles. The van der Waals surface area contributed by atoms with Crippen LogP contribution in [-0.2, 0) is 15.1 Å². The smallest absolute Gasteiger partial charge is 0.324 e. The molecule has 1 fully saturated rings. The molecule has 4 amide bonds. The molecule has 148 valence electrons. The molecular weight excluding hydrogens is 368 g/mol. The maximum absolute atomic E-state index is 13.0. The van der Waals surface area contributed by atoms with Crippen LogP contribution >= 0.6 is 0 Å². The first-order valence-corrected chi connectivity index (χ1v) is 9.29. The number of nitrogens with one attached hydrogen (secondary N) is 2. The third-order valence-electron chi connectivity index (χ3n) is 5.01. The van der Waals surface area contributed by atoms with Gasteiger partial charge in [0.1, 0.15) is 12.1 Å². The number of imide groups is 1. The van der Waals surface area contributed by atoms with Gasteiger partial charge in [-0.25, -0.2) is 4.79 Å². The summed E-state index contributed by atoms with van der Waals surface area (Å²) in [7, 11) is 0. The highest BCUT2D eigenvalue weighted by Crippen LogP contribution is 2.30. The first-order chi connectivity index (χ1) is 13.7. The lowest BCUT2D eigenvalue weighted by Gasteiger charge is -2.22. The molecule has 0 saturated carbocycles. The highest BCUT2D eigenvalue weighted by molar-refractivity contribution is 6.10. The van der Waals surface area contributed by atoms with Crippen molar-refractivity contribution in [3.63, 3.8) is 0 Å². The maximum atomic E-state index is 13.0. The van der Waals surface area contributed by atoms with E-state index in [1.165, 1.54) is 6.07 Å². The zero-order chi connectivity index (χ0) is 21.2. The molecule has 7 heteroatoms. The number of amides is 4. The lowest BCUT2D eigenvalue weighted by molar-refractivity contribution is -0.133. The van der Waals surface area contributed by atoms with E-state index in [1.807, 2.05) is 30.3 Å². The highest BCUT2D eigenvalue weighted by atomic mass is 16.2. The van der Waals surface area contributed by atoms with E-state index in [1.54, 1.807) is 25.1 Å². The Labute approximate surface area is 169 Å². The fourth-order valence-electron chi connectivity index (χ4n) is 3.25. The molecule has 2 aromatic rings. The van der Waals surface area contributed by atoms with Crippen LogP contribution in [-0.4, -0.2) is 29.3 Å². The predicted molar refractivity (Wildman–Crippen MR) is 108 cm³/mol. The third kappa shape index (κ3) is 3.97. The van der Waals surface area contributed by atoms with Crippen LogP contribution in [0.1, 0.15) is 43.4 Å². The highest BCUT2D eigenvalue weighted by Gasteiger charge is 2.49. The van der Waals surface area contributed by atoms with Crippen molar-refractivity contribution < 1.29 is 14.4 Å². The largest absolute Gasteiger partial charge is 0.325 e. The molecule has 7 nitrogen and oxygen atoms in total. The van der Waals surface area contributed by atoms with Gasteiger partial charge in [-0.15, -0.1) is 0 Å². The Morgan fingerprint density at radius 2 is 1.90 bits per heavy atom. The number of benzene rings is 2. The molecule has 0 spiro atoms. The number of urea groups is 1. The summed E-state index contributed by atoms with van der Waals surface area (Å²) in [6.07, 6.45) is 0. The molecule has 1 aliphatic heterocycles. The predicted octanol–water partition coefficient (Wildman–Crippen LogP) is 3.09. The van der Waals surface area contributed by atoms with E-state index in [0.717, 1.165) is 10.5 Å². The van der Waals surface area contributed by atoms with Crippen molar-refractivity contribution in [1.29, 1.82) is 5.26 Å². The van der Waals surface area contributed by atoms with E-state index < -0.39 is 29.9 Å². The van der Waals surface area contributed by atoms with Crippen LogP contribution in [0.25, 0.3) is 0 Å². The molecule has 1 heterocycles. The second kappa shape index (κ2) is 7.76. The van der Waals surface area contributed by atoms with Crippen molar-refractivity contribution in [3.8, 4) is 6.07 Å². The van der Waals surface area contributed by atoms with Crippen molar-refractivity contribution >= 4 is 23.5 Å². The minimum absolute atomic E-state index is 0.352. The van der Waals surface area contributed by atoms with Crippen molar-refractivity contribution in [3.05, 3.63) is 65.2 Å². The van der Waals surface area contributed by atoms with Crippen molar-refractivity contribution in [2.45, 2.75) is 32.2 Å². The molecule has 29 heavy (non-hydrogen) atoms. The Morgan fingerprint density at radius 3 is 2.52 bits per heavy atom. The van der Waals surface area contributed by atoms with Gasteiger partial charge in [-0.05, 0) is 42.2 Å². The van der Waals surface area contributed by atoms with Gasteiger partial charge in [0.25, 0.3) is 5.91 Å². The Balaban J connectivity index is 1.74. The summed E-state index contributed by atoms with van der Waals surface area (Å²) in [5, 5.41) is 14.2. The molecule has 0 aromatic heterocycles. The van der Waals surface area contributed by atoms with E-state index in [-0.39, 0.29) is 0 Å². The molecule has 1 unspecified atom stereocenters. The van der Waals surface area contributed by atoms with Crippen molar-refractivity contribution in [2.24, 2.45) is 0 Å². The Bertz CT molecular complexity index is 1010. The topological polar surface area (TPSA) is 102 Å². The number of hydrogen-bond donors (Lipinski definition) is 2. The number of nitriles is 1. The number of rotatable bonds is 5. The van der Waals surface area contributed by atoms with E-state index in [9.17, 15) is 14.4 Å². The molecular formula is C22H22N4O3. The number of hydrogen-bond acceptors (Lipinski definition) is 4. The van der Waals surface area contributed by atoms with Gasteiger partial charge in [0.05, 0.1) is 11.6 Å². The number of nitrogens with zero attached hydrogens (tertiary/aromatic N) is 2.